The van der Waals surface area contributed by atoms with Gasteiger partial charge in [-0.15, -0.1) is 0 Å². The number of nitrogens with one attached hydrogen (secondary N) is 1. The molecule has 1 aliphatic heterocycles. The van der Waals surface area contributed by atoms with Crippen molar-refractivity contribution in [2.45, 2.75) is 70.0 Å². The molecule has 3 rings (SSSR count). The maximum atomic E-state index is 9.48. The van der Waals surface area contributed by atoms with Gasteiger partial charge in [0.25, 0.3) is 0 Å². The van der Waals surface area contributed by atoms with Crippen LogP contribution in [-0.4, -0.2) is 35.6 Å². The van der Waals surface area contributed by atoms with Crippen LogP contribution in [0.5, 0.6) is 0 Å². The Morgan fingerprint density at radius 2 is 1.89 bits per heavy atom. The van der Waals surface area contributed by atoms with Crippen molar-refractivity contribution in [3.05, 3.63) is 0 Å². The smallest absolute Gasteiger partial charge is 0.105 e. The van der Waals surface area contributed by atoms with Gasteiger partial charge in [-0.1, -0.05) is 6.42 Å². The topological polar surface area (TPSA) is 39.1 Å². The highest BCUT2D eigenvalue weighted by molar-refractivity contribution is 5.09. The van der Waals surface area contributed by atoms with Crippen molar-refractivity contribution in [1.82, 2.24) is 10.2 Å². The van der Waals surface area contributed by atoms with E-state index in [0.717, 1.165) is 18.3 Å². The summed E-state index contributed by atoms with van der Waals surface area (Å²) in [6.07, 6.45) is 7.77. The van der Waals surface area contributed by atoms with Crippen molar-refractivity contribution < 1.29 is 0 Å². The molecule has 3 fully saturated rings. The van der Waals surface area contributed by atoms with Gasteiger partial charge in [0, 0.05) is 25.2 Å². The van der Waals surface area contributed by atoms with Gasteiger partial charge in [-0.05, 0) is 57.8 Å². The Morgan fingerprint density at radius 3 is 2.42 bits per heavy atom. The molecule has 3 aliphatic rings. The maximum absolute atomic E-state index is 9.48. The summed E-state index contributed by atoms with van der Waals surface area (Å²) in [5, 5.41) is 13.0. The van der Waals surface area contributed by atoms with E-state index in [-0.39, 0.29) is 5.54 Å². The molecule has 1 saturated heterocycles. The van der Waals surface area contributed by atoms with Gasteiger partial charge in [0.05, 0.1) is 6.07 Å². The van der Waals surface area contributed by atoms with Crippen LogP contribution in [0.15, 0.2) is 0 Å². The molecule has 0 aromatic rings. The first kappa shape index (κ1) is 13.4. The Labute approximate surface area is 117 Å². The minimum absolute atomic E-state index is 0.335. The maximum Gasteiger partial charge on any atom is 0.105 e. The molecule has 0 bridgehead atoms. The second kappa shape index (κ2) is 5.07. The van der Waals surface area contributed by atoms with Gasteiger partial charge in [-0.2, -0.15) is 5.26 Å². The van der Waals surface area contributed by atoms with Gasteiger partial charge >= 0.3 is 0 Å². The van der Waals surface area contributed by atoms with Crippen LogP contribution in [0.3, 0.4) is 0 Å². The van der Waals surface area contributed by atoms with Crippen molar-refractivity contribution in [2.75, 3.05) is 13.1 Å². The van der Waals surface area contributed by atoms with Crippen molar-refractivity contribution in [3.8, 4) is 6.07 Å². The highest BCUT2D eigenvalue weighted by Crippen LogP contribution is 2.39. The molecule has 0 amide bonds. The lowest BCUT2D eigenvalue weighted by Crippen LogP contribution is -2.47. The number of fused-ring (bicyclic) bond motifs is 1. The minimum atomic E-state index is -0.335. The van der Waals surface area contributed by atoms with Crippen molar-refractivity contribution in [2.24, 2.45) is 11.8 Å². The fourth-order valence-electron chi connectivity index (χ4n) is 4.17. The normalized spacial score (nSPS) is 35.6. The monoisotopic (exact) mass is 261 g/mol. The summed E-state index contributed by atoms with van der Waals surface area (Å²) in [7, 11) is 0. The summed E-state index contributed by atoms with van der Waals surface area (Å²) in [6, 6.07) is 3.65. The molecule has 2 saturated carbocycles. The van der Waals surface area contributed by atoms with Crippen LogP contribution >= 0.6 is 0 Å². The van der Waals surface area contributed by atoms with E-state index in [1.165, 1.54) is 45.2 Å². The Kier molecular flexibility index (Phi) is 3.57. The fourth-order valence-corrected chi connectivity index (χ4v) is 4.17. The van der Waals surface area contributed by atoms with Crippen molar-refractivity contribution in [1.29, 1.82) is 5.26 Å². The van der Waals surface area contributed by atoms with E-state index in [2.05, 4.69) is 30.1 Å². The van der Waals surface area contributed by atoms with E-state index < -0.39 is 0 Å². The molecule has 106 valence electrons. The molecular weight excluding hydrogens is 234 g/mol. The summed E-state index contributed by atoms with van der Waals surface area (Å²) in [4.78, 5) is 2.64. The van der Waals surface area contributed by atoms with Gasteiger partial charge < -0.3 is 0 Å². The predicted octanol–water partition coefficient (Wildman–Crippen LogP) is 2.53. The average Bonchev–Trinajstić information content (AvgIpc) is 2.90. The zero-order valence-corrected chi connectivity index (χ0v) is 12.4. The van der Waals surface area contributed by atoms with E-state index >= 15 is 0 Å². The quantitative estimate of drug-likeness (QED) is 0.826. The van der Waals surface area contributed by atoms with Crippen LogP contribution in [0.1, 0.15) is 52.4 Å². The molecule has 1 heterocycles. The molecule has 19 heavy (non-hydrogen) atoms. The van der Waals surface area contributed by atoms with Gasteiger partial charge in [0.2, 0.25) is 0 Å². The molecule has 0 aromatic carbocycles. The molecule has 3 nitrogen and oxygen atoms in total. The summed E-state index contributed by atoms with van der Waals surface area (Å²) in [5.41, 5.74) is -0.335. The first-order valence-electron chi connectivity index (χ1n) is 8.02. The second-order valence-electron chi connectivity index (χ2n) is 7.32. The lowest BCUT2D eigenvalue weighted by atomic mass is 9.94. The number of hydrogen-bond donors (Lipinski definition) is 1. The average molecular weight is 261 g/mol. The zero-order chi connectivity index (χ0) is 13.5. The summed E-state index contributed by atoms with van der Waals surface area (Å²) in [5.74, 6) is 1.90. The number of nitrogens with zero attached hydrogens (tertiary/aromatic N) is 2. The molecule has 2 aliphatic carbocycles. The summed E-state index contributed by atoms with van der Waals surface area (Å²) < 4.78 is 0. The Morgan fingerprint density at radius 1 is 1.26 bits per heavy atom. The third-order valence-electron chi connectivity index (χ3n) is 5.43. The number of nitriles is 1. The summed E-state index contributed by atoms with van der Waals surface area (Å²) in [6.45, 7) is 6.94. The third-order valence-corrected chi connectivity index (χ3v) is 5.43. The Hall–Kier alpha value is -0.590. The fraction of sp³-hybridized carbons (Fsp3) is 0.938. The number of hydrogen-bond acceptors (Lipinski definition) is 3. The van der Waals surface area contributed by atoms with Crippen LogP contribution in [-0.2, 0) is 0 Å². The van der Waals surface area contributed by atoms with E-state index in [9.17, 15) is 5.26 Å². The largest absolute Gasteiger partial charge is 0.300 e. The third kappa shape index (κ3) is 2.95. The van der Waals surface area contributed by atoms with Crippen LogP contribution in [0, 0.1) is 23.2 Å². The van der Waals surface area contributed by atoms with Gasteiger partial charge in [-0.25, -0.2) is 0 Å². The van der Waals surface area contributed by atoms with Crippen LogP contribution in [0.2, 0.25) is 0 Å². The lowest BCUT2D eigenvalue weighted by Gasteiger charge is -2.32. The Balaban J connectivity index is 1.55. The van der Waals surface area contributed by atoms with Gasteiger partial charge in [0.1, 0.15) is 5.54 Å². The number of likely N-dealkylation sites (tertiary alicyclic amines) is 1. The highest BCUT2D eigenvalue weighted by atomic mass is 15.2. The highest BCUT2D eigenvalue weighted by Gasteiger charge is 2.40. The molecule has 3 heteroatoms. The second-order valence-corrected chi connectivity index (χ2v) is 7.32. The molecule has 1 N–H and O–H groups in total. The molecule has 4 unspecified atom stereocenters. The standard InChI is InChI=1S/C16H27N3/c1-12(8-16(2,11-17)18-15-6-7-15)19-9-13-4-3-5-14(13)10-19/h12-15,18H,3-10H2,1-2H3. The van der Waals surface area contributed by atoms with E-state index in [0.29, 0.717) is 12.1 Å². The molecule has 0 radical (unpaired) electrons. The van der Waals surface area contributed by atoms with Crippen LogP contribution in [0.25, 0.3) is 0 Å². The zero-order valence-electron chi connectivity index (χ0n) is 12.4. The lowest BCUT2D eigenvalue weighted by molar-refractivity contribution is 0.198. The van der Waals surface area contributed by atoms with Crippen LogP contribution in [0.4, 0.5) is 0 Å². The predicted molar refractivity (Wildman–Crippen MR) is 76.7 cm³/mol. The van der Waals surface area contributed by atoms with Gasteiger partial charge in [-0.3, -0.25) is 10.2 Å². The van der Waals surface area contributed by atoms with E-state index in [1.807, 2.05) is 0 Å². The Bertz CT molecular complexity index is 359. The van der Waals surface area contributed by atoms with Crippen molar-refractivity contribution in [3.63, 3.8) is 0 Å². The SMILES string of the molecule is CC(CC(C)(C#N)NC1CC1)N1CC2CCCC2C1. The first-order chi connectivity index (χ1) is 9.09. The molecule has 4 atom stereocenters. The molecule has 0 spiro atoms. The van der Waals surface area contributed by atoms with Crippen molar-refractivity contribution >= 4 is 0 Å². The van der Waals surface area contributed by atoms with Gasteiger partial charge in [0.15, 0.2) is 0 Å². The van der Waals surface area contributed by atoms with E-state index in [1.54, 1.807) is 0 Å². The first-order valence-corrected chi connectivity index (χ1v) is 8.02. The molecular formula is C16H27N3. The molecule has 0 aromatic heterocycles. The summed E-state index contributed by atoms with van der Waals surface area (Å²) >= 11 is 0. The number of rotatable bonds is 5. The minimum Gasteiger partial charge on any atom is -0.300 e. The van der Waals surface area contributed by atoms with E-state index in [4.69, 9.17) is 0 Å². The van der Waals surface area contributed by atoms with Crippen LogP contribution < -0.4 is 5.32 Å².